The lowest BCUT2D eigenvalue weighted by Crippen LogP contribution is -2.53. The van der Waals surface area contributed by atoms with Crippen molar-refractivity contribution in [2.45, 2.75) is 25.3 Å². The van der Waals surface area contributed by atoms with Crippen LogP contribution in [0.2, 0.25) is 0 Å². The fourth-order valence-corrected chi connectivity index (χ4v) is 3.16. The number of hydrogen-bond donors (Lipinski definition) is 2. The van der Waals surface area contributed by atoms with Gasteiger partial charge in [0.1, 0.15) is 5.54 Å². The monoisotopic (exact) mass is 310 g/mol. The Hall–Kier alpha value is -1.04. The van der Waals surface area contributed by atoms with Gasteiger partial charge in [-0.2, -0.15) is 11.8 Å². The first-order valence-corrected chi connectivity index (χ1v) is 8.50. The molecule has 1 unspecified atom stereocenters. The molecule has 0 radical (unpaired) electrons. The molecule has 0 fully saturated rings. The molecule has 21 heavy (non-hydrogen) atoms. The predicted octanol–water partition coefficient (Wildman–Crippen LogP) is 2.14. The van der Waals surface area contributed by atoms with E-state index in [2.05, 4.69) is 12.2 Å². The van der Waals surface area contributed by atoms with Crippen molar-refractivity contribution < 1.29 is 9.53 Å². The van der Waals surface area contributed by atoms with E-state index in [1.54, 1.807) is 18.9 Å². The maximum absolute atomic E-state index is 12.2. The lowest BCUT2D eigenvalue weighted by molar-refractivity contribution is -0.125. The minimum absolute atomic E-state index is 0.311. The number of thioether (sulfide) groups is 1. The van der Waals surface area contributed by atoms with E-state index < -0.39 is 5.54 Å². The van der Waals surface area contributed by atoms with Gasteiger partial charge >= 0.3 is 0 Å². The van der Waals surface area contributed by atoms with Crippen LogP contribution in [-0.2, 0) is 15.1 Å². The molecule has 1 aromatic rings. The Kier molecular flexibility index (Phi) is 8.42. The van der Waals surface area contributed by atoms with E-state index in [1.807, 2.05) is 30.3 Å². The molecule has 1 aromatic carbocycles. The molecule has 0 aliphatic heterocycles. The van der Waals surface area contributed by atoms with E-state index in [9.17, 15) is 4.79 Å². The first-order chi connectivity index (χ1) is 10.2. The van der Waals surface area contributed by atoms with Crippen molar-refractivity contribution in [2.75, 3.05) is 31.8 Å². The van der Waals surface area contributed by atoms with Gasteiger partial charge in [0.2, 0.25) is 5.91 Å². The van der Waals surface area contributed by atoms with Crippen molar-refractivity contribution in [3.63, 3.8) is 0 Å². The molecule has 0 aliphatic rings. The van der Waals surface area contributed by atoms with Crippen LogP contribution in [0.3, 0.4) is 0 Å². The molecule has 0 aliphatic carbocycles. The van der Waals surface area contributed by atoms with Gasteiger partial charge in [-0.1, -0.05) is 37.3 Å². The smallest absolute Gasteiger partial charge is 0.242 e. The second-order valence-electron chi connectivity index (χ2n) is 4.92. The minimum Gasteiger partial charge on any atom is -0.384 e. The van der Waals surface area contributed by atoms with Crippen molar-refractivity contribution in [1.82, 2.24) is 5.32 Å². The lowest BCUT2D eigenvalue weighted by Gasteiger charge is -2.32. The van der Waals surface area contributed by atoms with Crippen LogP contribution in [0.4, 0.5) is 0 Å². The van der Waals surface area contributed by atoms with Gasteiger partial charge in [-0.3, -0.25) is 10.1 Å². The van der Waals surface area contributed by atoms with Gasteiger partial charge in [0.25, 0.3) is 0 Å². The highest BCUT2D eigenvalue weighted by molar-refractivity contribution is 7.99. The Bertz CT molecular complexity index is 414. The molecule has 0 saturated heterocycles. The summed E-state index contributed by atoms with van der Waals surface area (Å²) in [6.45, 7) is 3.57. The third-order valence-electron chi connectivity index (χ3n) is 3.42. The van der Waals surface area contributed by atoms with Crippen LogP contribution in [0.25, 0.3) is 0 Å². The highest BCUT2D eigenvalue weighted by Gasteiger charge is 2.37. The van der Waals surface area contributed by atoms with E-state index in [-0.39, 0.29) is 5.91 Å². The molecular weight excluding hydrogens is 284 g/mol. The van der Waals surface area contributed by atoms with E-state index in [0.717, 1.165) is 36.6 Å². The zero-order chi connectivity index (χ0) is 15.6. The third-order valence-corrected chi connectivity index (χ3v) is 4.37. The second-order valence-corrected chi connectivity index (χ2v) is 6.14. The van der Waals surface area contributed by atoms with Crippen LogP contribution < -0.4 is 11.1 Å². The molecule has 0 heterocycles. The summed E-state index contributed by atoms with van der Waals surface area (Å²) >= 11 is 1.78. The molecule has 0 bridgehead atoms. The predicted molar refractivity (Wildman–Crippen MR) is 89.4 cm³/mol. The molecule has 4 nitrogen and oxygen atoms in total. The van der Waals surface area contributed by atoms with Crippen LogP contribution in [0, 0.1) is 0 Å². The number of rotatable bonds is 11. The van der Waals surface area contributed by atoms with Gasteiger partial charge in [-0.15, -0.1) is 0 Å². The second kappa shape index (κ2) is 9.82. The Labute approximate surface area is 131 Å². The quantitative estimate of drug-likeness (QED) is 0.615. The van der Waals surface area contributed by atoms with Crippen LogP contribution in [-0.4, -0.2) is 37.7 Å². The Morgan fingerprint density at radius 1 is 1.33 bits per heavy atom. The largest absolute Gasteiger partial charge is 0.384 e. The molecule has 5 heteroatoms. The molecule has 3 N–H and O–H groups in total. The maximum atomic E-state index is 12.2. The van der Waals surface area contributed by atoms with Crippen LogP contribution in [0.15, 0.2) is 30.3 Å². The molecule has 0 saturated carbocycles. The van der Waals surface area contributed by atoms with Gasteiger partial charge < -0.3 is 10.5 Å². The summed E-state index contributed by atoms with van der Waals surface area (Å²) in [5.74, 6) is 1.47. The molecule has 1 rings (SSSR count). The summed E-state index contributed by atoms with van der Waals surface area (Å²) in [6, 6.07) is 9.76. The Balaban J connectivity index is 2.83. The number of carbonyl (C=O) groups is 1. The number of hydrogen-bond acceptors (Lipinski definition) is 4. The molecule has 1 atom stereocenters. The highest BCUT2D eigenvalue weighted by atomic mass is 32.2. The topological polar surface area (TPSA) is 64.3 Å². The fraction of sp³-hybridized carbons (Fsp3) is 0.562. The maximum Gasteiger partial charge on any atom is 0.242 e. The van der Waals surface area contributed by atoms with Gasteiger partial charge in [-0.25, -0.2) is 0 Å². The first-order valence-electron chi connectivity index (χ1n) is 7.34. The number of primary amides is 1. The number of methoxy groups -OCH3 is 1. The summed E-state index contributed by atoms with van der Waals surface area (Å²) in [6.07, 6.45) is 1.64. The SMILES string of the molecule is CCCNC(CCSCCOC)(C(N)=O)c1ccccc1. The molecular formula is C16H26N2O2S. The van der Waals surface area contributed by atoms with Gasteiger partial charge in [0.05, 0.1) is 6.61 Å². The lowest BCUT2D eigenvalue weighted by atomic mass is 9.86. The van der Waals surface area contributed by atoms with E-state index in [1.165, 1.54) is 0 Å². The number of nitrogens with two attached hydrogens (primary N) is 1. The number of benzene rings is 1. The first kappa shape index (κ1) is 18.0. The summed E-state index contributed by atoms with van der Waals surface area (Å²) in [5, 5.41) is 3.37. The molecule has 0 aromatic heterocycles. The van der Waals surface area contributed by atoms with Gasteiger partial charge in [0.15, 0.2) is 0 Å². The van der Waals surface area contributed by atoms with Crippen LogP contribution in [0.5, 0.6) is 0 Å². The Morgan fingerprint density at radius 3 is 2.62 bits per heavy atom. The summed E-state index contributed by atoms with van der Waals surface area (Å²) in [4.78, 5) is 12.2. The van der Waals surface area contributed by atoms with E-state index in [0.29, 0.717) is 6.42 Å². The van der Waals surface area contributed by atoms with Crippen molar-refractivity contribution >= 4 is 17.7 Å². The van der Waals surface area contributed by atoms with Gasteiger partial charge in [0, 0.05) is 12.9 Å². The van der Waals surface area contributed by atoms with Crippen molar-refractivity contribution in [3.05, 3.63) is 35.9 Å². The molecule has 118 valence electrons. The number of carbonyl (C=O) groups excluding carboxylic acids is 1. The van der Waals surface area contributed by atoms with E-state index in [4.69, 9.17) is 10.5 Å². The van der Waals surface area contributed by atoms with E-state index >= 15 is 0 Å². The fourth-order valence-electron chi connectivity index (χ4n) is 2.22. The summed E-state index contributed by atoms with van der Waals surface area (Å²) in [5.41, 5.74) is 5.91. The normalized spacial score (nSPS) is 13.8. The summed E-state index contributed by atoms with van der Waals surface area (Å²) < 4.78 is 5.04. The van der Waals surface area contributed by atoms with Crippen LogP contribution >= 0.6 is 11.8 Å². The van der Waals surface area contributed by atoms with Crippen molar-refractivity contribution in [2.24, 2.45) is 5.73 Å². The zero-order valence-electron chi connectivity index (χ0n) is 12.9. The van der Waals surface area contributed by atoms with Crippen molar-refractivity contribution in [1.29, 1.82) is 0 Å². The Morgan fingerprint density at radius 2 is 2.05 bits per heavy atom. The number of amides is 1. The average Bonchev–Trinajstić information content (AvgIpc) is 2.51. The highest BCUT2D eigenvalue weighted by Crippen LogP contribution is 2.27. The molecule has 0 spiro atoms. The average molecular weight is 310 g/mol. The van der Waals surface area contributed by atoms with Gasteiger partial charge in [-0.05, 0) is 30.7 Å². The third kappa shape index (κ3) is 5.34. The standard InChI is InChI=1S/C16H26N2O2S/c1-3-10-18-16(15(17)19,9-12-21-13-11-20-2)14-7-5-4-6-8-14/h4-8,18H,3,9-13H2,1-2H3,(H2,17,19). The van der Waals surface area contributed by atoms with Crippen LogP contribution in [0.1, 0.15) is 25.3 Å². The zero-order valence-corrected chi connectivity index (χ0v) is 13.7. The number of nitrogens with one attached hydrogen (secondary N) is 1. The number of ether oxygens (including phenoxy) is 1. The molecule has 1 amide bonds. The van der Waals surface area contributed by atoms with Crippen molar-refractivity contribution in [3.8, 4) is 0 Å². The minimum atomic E-state index is -0.780. The summed E-state index contributed by atoms with van der Waals surface area (Å²) in [7, 11) is 1.70.